The van der Waals surface area contributed by atoms with Crippen LogP contribution in [0.5, 0.6) is 0 Å². The molecular formula is C11H12N2. The van der Waals surface area contributed by atoms with E-state index in [1.165, 1.54) is 11.1 Å². The van der Waals surface area contributed by atoms with E-state index in [0.29, 0.717) is 0 Å². The minimum absolute atomic E-state index is 1.04. The fourth-order valence-corrected chi connectivity index (χ4v) is 1.51. The number of aromatic nitrogens is 2. The lowest BCUT2D eigenvalue weighted by atomic mass is 10.1. The fourth-order valence-electron chi connectivity index (χ4n) is 1.51. The molecule has 0 N–H and O–H groups in total. The standard InChI is InChI=1S/C11H12N2/c1-7-8(2)10-6-12-5-4-11(10)13-9(7)3/h4-6H,1-3H3. The van der Waals surface area contributed by atoms with Crippen molar-refractivity contribution in [2.45, 2.75) is 20.8 Å². The summed E-state index contributed by atoms with van der Waals surface area (Å²) in [7, 11) is 0. The van der Waals surface area contributed by atoms with Gasteiger partial charge in [0.1, 0.15) is 0 Å². The van der Waals surface area contributed by atoms with Crippen LogP contribution in [0.25, 0.3) is 10.9 Å². The lowest BCUT2D eigenvalue weighted by molar-refractivity contribution is 1.16. The van der Waals surface area contributed by atoms with Crippen LogP contribution in [-0.2, 0) is 0 Å². The van der Waals surface area contributed by atoms with Crippen LogP contribution in [0.4, 0.5) is 0 Å². The second-order valence-corrected chi connectivity index (χ2v) is 3.34. The van der Waals surface area contributed by atoms with Gasteiger partial charge in [-0.1, -0.05) is 0 Å². The van der Waals surface area contributed by atoms with Crippen molar-refractivity contribution in [1.82, 2.24) is 9.97 Å². The molecule has 2 rings (SSSR count). The Hall–Kier alpha value is -1.44. The second-order valence-electron chi connectivity index (χ2n) is 3.34. The zero-order chi connectivity index (χ0) is 9.42. The van der Waals surface area contributed by atoms with Gasteiger partial charge in [0, 0.05) is 23.5 Å². The highest BCUT2D eigenvalue weighted by atomic mass is 14.7. The van der Waals surface area contributed by atoms with E-state index in [4.69, 9.17) is 0 Å². The van der Waals surface area contributed by atoms with Crippen molar-refractivity contribution in [3.63, 3.8) is 0 Å². The van der Waals surface area contributed by atoms with Crippen molar-refractivity contribution in [2.24, 2.45) is 0 Å². The van der Waals surface area contributed by atoms with Gasteiger partial charge >= 0.3 is 0 Å². The number of nitrogens with zero attached hydrogens (tertiary/aromatic N) is 2. The maximum atomic E-state index is 4.50. The first-order valence-corrected chi connectivity index (χ1v) is 4.37. The number of pyridine rings is 2. The molecule has 2 heterocycles. The second kappa shape index (κ2) is 2.80. The van der Waals surface area contributed by atoms with Crippen molar-refractivity contribution >= 4 is 10.9 Å². The summed E-state index contributed by atoms with van der Waals surface area (Å²) in [6, 6.07) is 1.95. The zero-order valence-electron chi connectivity index (χ0n) is 8.13. The molecule has 0 fully saturated rings. The summed E-state index contributed by atoms with van der Waals surface area (Å²) in [6.07, 6.45) is 3.66. The molecule has 0 saturated heterocycles. The minimum atomic E-state index is 1.04. The molecule has 2 aromatic rings. The van der Waals surface area contributed by atoms with Crippen LogP contribution in [0.1, 0.15) is 16.8 Å². The normalized spacial score (nSPS) is 10.7. The van der Waals surface area contributed by atoms with Crippen molar-refractivity contribution in [3.8, 4) is 0 Å². The fraction of sp³-hybridized carbons (Fsp3) is 0.273. The Morgan fingerprint density at radius 2 is 1.85 bits per heavy atom. The van der Waals surface area contributed by atoms with Crippen LogP contribution >= 0.6 is 0 Å². The Labute approximate surface area is 77.6 Å². The van der Waals surface area contributed by atoms with Gasteiger partial charge in [-0.3, -0.25) is 9.97 Å². The van der Waals surface area contributed by atoms with E-state index in [1.807, 2.05) is 19.2 Å². The van der Waals surface area contributed by atoms with Crippen molar-refractivity contribution < 1.29 is 0 Å². The minimum Gasteiger partial charge on any atom is -0.264 e. The Morgan fingerprint density at radius 1 is 1.08 bits per heavy atom. The Morgan fingerprint density at radius 3 is 2.62 bits per heavy atom. The zero-order valence-corrected chi connectivity index (χ0v) is 8.13. The van der Waals surface area contributed by atoms with Gasteiger partial charge in [-0.25, -0.2) is 0 Å². The largest absolute Gasteiger partial charge is 0.264 e. The summed E-state index contributed by atoms with van der Waals surface area (Å²) in [5.41, 5.74) is 4.70. The molecule has 0 radical (unpaired) electrons. The van der Waals surface area contributed by atoms with Crippen molar-refractivity contribution in [2.75, 3.05) is 0 Å². The van der Waals surface area contributed by atoms with E-state index >= 15 is 0 Å². The highest BCUT2D eigenvalue weighted by molar-refractivity contribution is 5.82. The molecule has 2 aromatic heterocycles. The molecule has 0 amide bonds. The Bertz CT molecular complexity index is 461. The number of hydrogen-bond donors (Lipinski definition) is 0. The third kappa shape index (κ3) is 1.18. The molecule has 66 valence electrons. The SMILES string of the molecule is Cc1nc2ccncc2c(C)c1C. The number of hydrogen-bond acceptors (Lipinski definition) is 2. The lowest BCUT2D eigenvalue weighted by Gasteiger charge is -2.07. The number of fused-ring (bicyclic) bond motifs is 1. The quantitative estimate of drug-likeness (QED) is 0.610. The van der Waals surface area contributed by atoms with Gasteiger partial charge in [-0.05, 0) is 38.0 Å². The molecule has 0 bridgehead atoms. The Balaban J connectivity index is 2.94. The molecule has 2 nitrogen and oxygen atoms in total. The summed E-state index contributed by atoms with van der Waals surface area (Å²) in [5.74, 6) is 0. The molecule has 0 aliphatic rings. The molecule has 0 saturated carbocycles. The molecule has 13 heavy (non-hydrogen) atoms. The molecular weight excluding hydrogens is 160 g/mol. The van der Waals surface area contributed by atoms with Crippen molar-refractivity contribution in [1.29, 1.82) is 0 Å². The Kier molecular flexibility index (Phi) is 1.76. The van der Waals surface area contributed by atoms with E-state index in [2.05, 4.69) is 23.8 Å². The first-order chi connectivity index (χ1) is 6.20. The van der Waals surface area contributed by atoms with Gasteiger partial charge in [-0.15, -0.1) is 0 Å². The van der Waals surface area contributed by atoms with Crippen LogP contribution in [0, 0.1) is 20.8 Å². The topological polar surface area (TPSA) is 25.8 Å². The molecule has 0 atom stereocenters. The predicted octanol–water partition coefficient (Wildman–Crippen LogP) is 2.56. The van der Waals surface area contributed by atoms with Crippen LogP contribution in [0.3, 0.4) is 0 Å². The van der Waals surface area contributed by atoms with Crippen LogP contribution in [0.15, 0.2) is 18.5 Å². The van der Waals surface area contributed by atoms with Crippen LogP contribution in [-0.4, -0.2) is 9.97 Å². The van der Waals surface area contributed by atoms with Gasteiger partial charge in [0.25, 0.3) is 0 Å². The molecule has 0 spiro atoms. The monoisotopic (exact) mass is 172 g/mol. The average Bonchev–Trinajstić information content (AvgIpc) is 2.15. The highest BCUT2D eigenvalue weighted by Crippen LogP contribution is 2.20. The van der Waals surface area contributed by atoms with E-state index in [0.717, 1.165) is 16.6 Å². The highest BCUT2D eigenvalue weighted by Gasteiger charge is 2.04. The van der Waals surface area contributed by atoms with Gasteiger partial charge in [0.15, 0.2) is 0 Å². The number of aryl methyl sites for hydroxylation is 2. The summed E-state index contributed by atoms with van der Waals surface area (Å²) in [4.78, 5) is 8.60. The lowest BCUT2D eigenvalue weighted by Crippen LogP contribution is -1.93. The van der Waals surface area contributed by atoms with Gasteiger partial charge in [-0.2, -0.15) is 0 Å². The molecule has 0 aliphatic carbocycles. The summed E-state index contributed by atoms with van der Waals surface area (Å²) in [5, 5.41) is 1.16. The third-order valence-electron chi connectivity index (χ3n) is 2.60. The average molecular weight is 172 g/mol. The smallest absolute Gasteiger partial charge is 0.0738 e. The van der Waals surface area contributed by atoms with E-state index in [1.54, 1.807) is 6.20 Å². The van der Waals surface area contributed by atoms with Gasteiger partial charge < -0.3 is 0 Å². The molecule has 0 aliphatic heterocycles. The van der Waals surface area contributed by atoms with Crippen LogP contribution < -0.4 is 0 Å². The maximum absolute atomic E-state index is 4.50. The summed E-state index contributed by atoms with van der Waals surface area (Å²) in [6.45, 7) is 6.26. The maximum Gasteiger partial charge on any atom is 0.0738 e. The van der Waals surface area contributed by atoms with E-state index in [9.17, 15) is 0 Å². The van der Waals surface area contributed by atoms with E-state index < -0.39 is 0 Å². The molecule has 0 aromatic carbocycles. The first kappa shape index (κ1) is 8.17. The van der Waals surface area contributed by atoms with E-state index in [-0.39, 0.29) is 0 Å². The molecule has 0 unspecified atom stereocenters. The van der Waals surface area contributed by atoms with Gasteiger partial charge in [0.2, 0.25) is 0 Å². The summed E-state index contributed by atoms with van der Waals surface area (Å²) < 4.78 is 0. The van der Waals surface area contributed by atoms with Gasteiger partial charge in [0.05, 0.1) is 5.52 Å². The molecule has 2 heteroatoms. The van der Waals surface area contributed by atoms with Crippen molar-refractivity contribution in [3.05, 3.63) is 35.3 Å². The first-order valence-electron chi connectivity index (χ1n) is 4.37. The van der Waals surface area contributed by atoms with Crippen LogP contribution in [0.2, 0.25) is 0 Å². The summed E-state index contributed by atoms with van der Waals surface area (Å²) >= 11 is 0. The third-order valence-corrected chi connectivity index (χ3v) is 2.60. The predicted molar refractivity (Wildman–Crippen MR) is 53.7 cm³/mol. The number of rotatable bonds is 0.